The maximum Gasteiger partial charge on any atom is 0.241 e. The zero-order valence-corrected chi connectivity index (χ0v) is 18.4. The fraction of sp³-hybridized carbons (Fsp3) is 0.435. The van der Waals surface area contributed by atoms with E-state index in [0.717, 1.165) is 18.4 Å². The Morgan fingerprint density at radius 1 is 1.10 bits per heavy atom. The maximum atomic E-state index is 13.2. The molecule has 0 saturated carbocycles. The molecule has 0 aromatic heterocycles. The van der Waals surface area contributed by atoms with Gasteiger partial charge in [0.1, 0.15) is 11.8 Å². The number of nitrogens with one attached hydrogen (secondary N) is 1. The zero-order valence-electron chi connectivity index (χ0n) is 17.6. The van der Waals surface area contributed by atoms with Gasteiger partial charge in [-0.15, -0.1) is 0 Å². The summed E-state index contributed by atoms with van der Waals surface area (Å²) >= 11 is 0. The Morgan fingerprint density at radius 3 is 2.33 bits per heavy atom. The van der Waals surface area contributed by atoms with E-state index >= 15 is 0 Å². The second kappa shape index (κ2) is 10.1. The van der Waals surface area contributed by atoms with Gasteiger partial charge in [-0.1, -0.05) is 37.3 Å². The van der Waals surface area contributed by atoms with E-state index in [-0.39, 0.29) is 10.8 Å². The molecule has 0 spiro atoms. The Balaban J connectivity index is 1.80. The summed E-state index contributed by atoms with van der Waals surface area (Å²) in [6.45, 7) is 5.88. The van der Waals surface area contributed by atoms with Crippen LogP contribution in [-0.4, -0.2) is 45.0 Å². The van der Waals surface area contributed by atoms with Gasteiger partial charge in [0.2, 0.25) is 15.9 Å². The number of amides is 1. The van der Waals surface area contributed by atoms with Crippen molar-refractivity contribution in [3.05, 3.63) is 60.2 Å². The number of rotatable bonds is 8. The molecule has 2 aromatic carbocycles. The Morgan fingerprint density at radius 2 is 1.73 bits per heavy atom. The lowest BCUT2D eigenvalue weighted by Gasteiger charge is -2.33. The van der Waals surface area contributed by atoms with Crippen molar-refractivity contribution >= 4 is 15.9 Å². The van der Waals surface area contributed by atoms with Gasteiger partial charge in [0.05, 0.1) is 11.5 Å². The van der Waals surface area contributed by atoms with Crippen LogP contribution in [0.25, 0.3) is 0 Å². The van der Waals surface area contributed by atoms with E-state index in [1.807, 2.05) is 37.3 Å². The first-order valence-corrected chi connectivity index (χ1v) is 11.9. The first-order valence-electron chi connectivity index (χ1n) is 10.5. The molecule has 1 aliphatic rings. The molecule has 2 aromatic rings. The van der Waals surface area contributed by atoms with Gasteiger partial charge in [0.15, 0.2) is 0 Å². The summed E-state index contributed by atoms with van der Waals surface area (Å²) in [5, 5.41) is 0. The SMILES string of the molecule is CCOc1ccc(S(=O)(=O)N[C@@H](Cc2ccccc2)C(=O)N2CCC(C)CC2)cc1. The minimum Gasteiger partial charge on any atom is -0.494 e. The van der Waals surface area contributed by atoms with Gasteiger partial charge in [0.25, 0.3) is 0 Å². The fourth-order valence-corrected chi connectivity index (χ4v) is 4.80. The standard InChI is InChI=1S/C23H30N2O4S/c1-3-29-20-9-11-21(12-10-20)30(27,28)24-22(17-19-7-5-4-6-8-19)23(26)25-15-13-18(2)14-16-25/h4-12,18,22,24H,3,13-17H2,1-2H3/t22-/m0/s1. The first-order chi connectivity index (χ1) is 14.4. The number of ether oxygens (including phenoxy) is 1. The lowest BCUT2D eigenvalue weighted by atomic mass is 9.98. The minimum absolute atomic E-state index is 0.115. The number of piperidine rings is 1. The molecule has 1 fully saturated rings. The highest BCUT2D eigenvalue weighted by Crippen LogP contribution is 2.20. The van der Waals surface area contributed by atoms with Crippen LogP contribution in [0.4, 0.5) is 0 Å². The zero-order chi connectivity index (χ0) is 21.6. The van der Waals surface area contributed by atoms with E-state index in [0.29, 0.717) is 37.8 Å². The monoisotopic (exact) mass is 430 g/mol. The molecular weight excluding hydrogens is 400 g/mol. The van der Waals surface area contributed by atoms with Gasteiger partial charge >= 0.3 is 0 Å². The smallest absolute Gasteiger partial charge is 0.241 e. The van der Waals surface area contributed by atoms with Crippen molar-refractivity contribution in [3.63, 3.8) is 0 Å². The molecule has 3 rings (SSSR count). The third kappa shape index (κ3) is 5.83. The predicted molar refractivity (Wildman–Crippen MR) is 117 cm³/mol. The van der Waals surface area contributed by atoms with Crippen LogP contribution < -0.4 is 9.46 Å². The highest BCUT2D eigenvalue weighted by molar-refractivity contribution is 7.89. The average Bonchev–Trinajstić information content (AvgIpc) is 2.74. The van der Waals surface area contributed by atoms with Crippen molar-refractivity contribution in [3.8, 4) is 5.75 Å². The van der Waals surface area contributed by atoms with Crippen LogP contribution in [0.5, 0.6) is 5.75 Å². The molecule has 30 heavy (non-hydrogen) atoms. The van der Waals surface area contributed by atoms with Gasteiger partial charge in [0, 0.05) is 13.1 Å². The van der Waals surface area contributed by atoms with Crippen molar-refractivity contribution in [1.29, 1.82) is 0 Å². The fourth-order valence-electron chi connectivity index (χ4n) is 3.62. The number of hydrogen-bond donors (Lipinski definition) is 1. The topological polar surface area (TPSA) is 75.7 Å². The summed E-state index contributed by atoms with van der Waals surface area (Å²) in [6.07, 6.45) is 2.19. The maximum absolute atomic E-state index is 13.2. The Bertz CT molecular complexity index is 921. The minimum atomic E-state index is -3.86. The molecule has 162 valence electrons. The highest BCUT2D eigenvalue weighted by atomic mass is 32.2. The van der Waals surface area contributed by atoms with Crippen molar-refractivity contribution < 1.29 is 17.9 Å². The largest absolute Gasteiger partial charge is 0.494 e. The van der Waals surface area contributed by atoms with E-state index in [1.54, 1.807) is 17.0 Å². The van der Waals surface area contributed by atoms with Gasteiger partial charge in [-0.25, -0.2) is 8.42 Å². The molecule has 0 aliphatic carbocycles. The molecule has 1 heterocycles. The molecular formula is C23H30N2O4S. The van der Waals surface area contributed by atoms with Crippen LogP contribution in [0.15, 0.2) is 59.5 Å². The van der Waals surface area contributed by atoms with Gasteiger partial charge in [-0.3, -0.25) is 4.79 Å². The molecule has 0 unspecified atom stereocenters. The first kappa shape index (κ1) is 22.3. The second-order valence-electron chi connectivity index (χ2n) is 7.78. The van der Waals surface area contributed by atoms with Crippen molar-refractivity contribution in [2.75, 3.05) is 19.7 Å². The third-order valence-corrected chi connectivity index (χ3v) is 6.91. The van der Waals surface area contributed by atoms with Crippen LogP contribution in [0.2, 0.25) is 0 Å². The van der Waals surface area contributed by atoms with E-state index in [4.69, 9.17) is 4.74 Å². The number of benzene rings is 2. The molecule has 1 aliphatic heterocycles. The number of carbonyl (C=O) groups excluding carboxylic acids is 1. The van der Waals surface area contributed by atoms with Gasteiger partial charge in [-0.05, 0) is 61.9 Å². The molecule has 0 bridgehead atoms. The summed E-state index contributed by atoms with van der Waals surface area (Å²) in [6, 6.07) is 14.9. The van der Waals surface area contributed by atoms with E-state index < -0.39 is 16.1 Å². The normalized spacial score (nSPS) is 16.3. The van der Waals surface area contributed by atoms with Crippen molar-refractivity contribution in [1.82, 2.24) is 9.62 Å². The number of carbonyl (C=O) groups is 1. The Labute approximate surface area is 179 Å². The molecule has 7 heteroatoms. The highest BCUT2D eigenvalue weighted by Gasteiger charge is 2.31. The van der Waals surface area contributed by atoms with Crippen LogP contribution in [0.3, 0.4) is 0 Å². The predicted octanol–water partition coefficient (Wildman–Crippen LogP) is 3.23. The number of likely N-dealkylation sites (tertiary alicyclic amines) is 1. The van der Waals surface area contributed by atoms with Gasteiger partial charge in [-0.2, -0.15) is 4.72 Å². The van der Waals surface area contributed by atoms with Crippen LogP contribution in [0, 0.1) is 5.92 Å². The average molecular weight is 431 g/mol. The summed E-state index contributed by atoms with van der Waals surface area (Å²) in [4.78, 5) is 15.1. The summed E-state index contributed by atoms with van der Waals surface area (Å²) in [5.41, 5.74) is 0.913. The quantitative estimate of drug-likeness (QED) is 0.698. The molecule has 6 nitrogen and oxygen atoms in total. The molecule has 1 N–H and O–H groups in total. The second-order valence-corrected chi connectivity index (χ2v) is 9.49. The summed E-state index contributed by atoms with van der Waals surface area (Å²) in [7, 11) is -3.86. The van der Waals surface area contributed by atoms with Crippen LogP contribution >= 0.6 is 0 Å². The Hall–Kier alpha value is -2.38. The van der Waals surface area contributed by atoms with Crippen LogP contribution in [-0.2, 0) is 21.2 Å². The molecule has 1 saturated heterocycles. The summed E-state index contributed by atoms with van der Waals surface area (Å²) < 4.78 is 34.1. The number of hydrogen-bond acceptors (Lipinski definition) is 4. The van der Waals surface area contributed by atoms with Crippen molar-refractivity contribution in [2.24, 2.45) is 5.92 Å². The molecule has 1 amide bonds. The summed E-state index contributed by atoms with van der Waals surface area (Å²) in [5.74, 6) is 1.03. The lowest BCUT2D eigenvalue weighted by molar-refractivity contribution is -0.134. The van der Waals surface area contributed by atoms with E-state index in [9.17, 15) is 13.2 Å². The van der Waals surface area contributed by atoms with E-state index in [1.165, 1.54) is 12.1 Å². The van der Waals surface area contributed by atoms with E-state index in [2.05, 4.69) is 11.6 Å². The van der Waals surface area contributed by atoms with Crippen molar-refractivity contribution in [2.45, 2.75) is 44.0 Å². The number of nitrogens with zero attached hydrogens (tertiary/aromatic N) is 1. The van der Waals surface area contributed by atoms with Crippen LogP contribution in [0.1, 0.15) is 32.3 Å². The third-order valence-electron chi connectivity index (χ3n) is 5.42. The number of sulfonamides is 1. The van der Waals surface area contributed by atoms with Gasteiger partial charge < -0.3 is 9.64 Å². The Kier molecular flexibility index (Phi) is 7.50. The molecule has 0 radical (unpaired) electrons. The lowest BCUT2D eigenvalue weighted by Crippen LogP contribution is -2.51. The molecule has 1 atom stereocenters.